The van der Waals surface area contributed by atoms with Crippen LogP contribution >= 0.6 is 0 Å². The largest absolute Gasteiger partial charge is 0.395 e. The number of amides is 1. The first-order valence-corrected chi connectivity index (χ1v) is 6.28. The van der Waals surface area contributed by atoms with Crippen molar-refractivity contribution in [1.29, 1.82) is 0 Å². The molecule has 7 heteroatoms. The number of aliphatic hydroxyl groups excluding tert-OH is 1. The summed E-state index contributed by atoms with van der Waals surface area (Å²) in [6.07, 6.45) is 0. The van der Waals surface area contributed by atoms with Crippen molar-refractivity contribution in [2.24, 2.45) is 0 Å². The fourth-order valence-electron chi connectivity index (χ4n) is 1.83. The van der Waals surface area contributed by atoms with E-state index in [0.29, 0.717) is 24.9 Å². The molecule has 1 saturated heterocycles. The molecule has 0 aliphatic carbocycles. The van der Waals surface area contributed by atoms with Crippen molar-refractivity contribution in [2.75, 3.05) is 44.4 Å². The highest BCUT2D eigenvalue weighted by Gasteiger charge is 2.17. The van der Waals surface area contributed by atoms with Crippen LogP contribution < -0.4 is 10.2 Å². The summed E-state index contributed by atoms with van der Waals surface area (Å²) in [6, 6.07) is 1.64. The van der Waals surface area contributed by atoms with Gasteiger partial charge in [0.1, 0.15) is 5.69 Å². The zero-order chi connectivity index (χ0) is 13.7. The zero-order valence-corrected chi connectivity index (χ0v) is 10.9. The van der Waals surface area contributed by atoms with Gasteiger partial charge in [0.05, 0.1) is 19.8 Å². The fraction of sp³-hybridized carbons (Fsp3) is 0.583. The maximum absolute atomic E-state index is 11.8. The number of aryl methyl sites for hydroxylation is 1. The molecule has 104 valence electrons. The van der Waals surface area contributed by atoms with Crippen molar-refractivity contribution < 1.29 is 14.6 Å². The molecule has 0 spiro atoms. The van der Waals surface area contributed by atoms with Gasteiger partial charge in [0, 0.05) is 25.3 Å². The van der Waals surface area contributed by atoms with Gasteiger partial charge in [-0.2, -0.15) is 0 Å². The van der Waals surface area contributed by atoms with Crippen molar-refractivity contribution in [2.45, 2.75) is 6.92 Å². The summed E-state index contributed by atoms with van der Waals surface area (Å²) < 4.78 is 5.28. The predicted molar refractivity (Wildman–Crippen MR) is 69.2 cm³/mol. The topological polar surface area (TPSA) is 87.6 Å². The van der Waals surface area contributed by atoms with E-state index in [1.54, 1.807) is 6.07 Å². The van der Waals surface area contributed by atoms with Gasteiger partial charge in [-0.1, -0.05) is 0 Å². The Morgan fingerprint density at radius 1 is 1.47 bits per heavy atom. The third-order valence-electron chi connectivity index (χ3n) is 2.77. The minimum atomic E-state index is -0.297. The van der Waals surface area contributed by atoms with Crippen LogP contribution in [0.1, 0.15) is 16.2 Å². The summed E-state index contributed by atoms with van der Waals surface area (Å²) in [6.45, 7) is 4.68. The third-order valence-corrected chi connectivity index (χ3v) is 2.77. The van der Waals surface area contributed by atoms with Crippen LogP contribution in [0.3, 0.4) is 0 Å². The lowest BCUT2D eigenvalue weighted by Crippen LogP contribution is -2.38. The number of aromatic nitrogens is 2. The SMILES string of the molecule is Cc1cc(C(=O)NCCO)nc(N2CCOCC2)n1. The molecule has 1 fully saturated rings. The summed E-state index contributed by atoms with van der Waals surface area (Å²) in [4.78, 5) is 22.5. The number of hydrogen-bond acceptors (Lipinski definition) is 6. The number of hydrogen-bond donors (Lipinski definition) is 2. The molecule has 0 aromatic carbocycles. The molecule has 0 unspecified atom stereocenters. The molecule has 0 saturated carbocycles. The van der Waals surface area contributed by atoms with Crippen LogP contribution in [0.5, 0.6) is 0 Å². The third kappa shape index (κ3) is 3.62. The number of carbonyl (C=O) groups is 1. The predicted octanol–water partition coefficient (Wildman–Crippen LogP) is -0.656. The van der Waals surface area contributed by atoms with Crippen molar-refractivity contribution in [3.05, 3.63) is 17.5 Å². The molecule has 2 N–H and O–H groups in total. The molecule has 2 rings (SSSR count). The number of nitrogens with one attached hydrogen (secondary N) is 1. The fourth-order valence-corrected chi connectivity index (χ4v) is 1.83. The maximum atomic E-state index is 11.8. The molecule has 2 heterocycles. The lowest BCUT2D eigenvalue weighted by atomic mass is 10.3. The summed E-state index contributed by atoms with van der Waals surface area (Å²) >= 11 is 0. The standard InChI is InChI=1S/C12H18N4O3/c1-9-8-10(11(18)13-2-5-17)15-12(14-9)16-3-6-19-7-4-16/h8,17H,2-7H2,1H3,(H,13,18). The van der Waals surface area contributed by atoms with Crippen LogP contribution in [0.2, 0.25) is 0 Å². The number of morpholine rings is 1. The average molecular weight is 266 g/mol. The number of carbonyl (C=O) groups excluding carboxylic acids is 1. The van der Waals surface area contributed by atoms with Gasteiger partial charge >= 0.3 is 0 Å². The average Bonchev–Trinajstić information content (AvgIpc) is 2.45. The van der Waals surface area contributed by atoms with Crippen LogP contribution in [0.25, 0.3) is 0 Å². The number of ether oxygens (including phenoxy) is 1. The van der Waals surface area contributed by atoms with Gasteiger partial charge in [-0.15, -0.1) is 0 Å². The number of nitrogens with zero attached hydrogens (tertiary/aromatic N) is 3. The highest BCUT2D eigenvalue weighted by molar-refractivity contribution is 5.92. The Labute approximate surface area is 111 Å². The second-order valence-corrected chi connectivity index (χ2v) is 4.27. The molecule has 0 atom stereocenters. The number of aliphatic hydroxyl groups is 1. The van der Waals surface area contributed by atoms with Crippen LogP contribution in [-0.4, -0.2) is 60.4 Å². The molecule has 7 nitrogen and oxygen atoms in total. The highest BCUT2D eigenvalue weighted by atomic mass is 16.5. The minimum absolute atomic E-state index is 0.0911. The van der Waals surface area contributed by atoms with Crippen molar-refractivity contribution in [1.82, 2.24) is 15.3 Å². The van der Waals surface area contributed by atoms with Crippen molar-refractivity contribution in [3.63, 3.8) is 0 Å². The molecule has 0 radical (unpaired) electrons. The molecular weight excluding hydrogens is 248 g/mol. The van der Waals surface area contributed by atoms with Crippen LogP contribution in [-0.2, 0) is 4.74 Å². The number of anilines is 1. The Balaban J connectivity index is 2.16. The molecule has 1 aromatic rings. The molecular formula is C12H18N4O3. The molecule has 1 aliphatic heterocycles. The van der Waals surface area contributed by atoms with Gasteiger partial charge in [-0.3, -0.25) is 4.79 Å². The second kappa shape index (κ2) is 6.44. The summed E-state index contributed by atoms with van der Waals surface area (Å²) in [5.74, 6) is 0.256. The minimum Gasteiger partial charge on any atom is -0.395 e. The van der Waals surface area contributed by atoms with Gasteiger partial charge in [0.25, 0.3) is 5.91 Å². The van der Waals surface area contributed by atoms with Crippen molar-refractivity contribution >= 4 is 11.9 Å². The van der Waals surface area contributed by atoms with E-state index >= 15 is 0 Å². The Hall–Kier alpha value is -1.73. The van der Waals surface area contributed by atoms with Gasteiger partial charge < -0.3 is 20.1 Å². The van der Waals surface area contributed by atoms with Gasteiger partial charge in [-0.05, 0) is 13.0 Å². The monoisotopic (exact) mass is 266 g/mol. The molecule has 1 amide bonds. The Morgan fingerprint density at radius 3 is 2.89 bits per heavy atom. The summed E-state index contributed by atoms with van der Waals surface area (Å²) in [5, 5.41) is 11.3. The van der Waals surface area contributed by atoms with Crippen LogP contribution in [0.15, 0.2) is 6.07 Å². The Kier molecular flexibility index (Phi) is 4.64. The van der Waals surface area contributed by atoms with E-state index in [9.17, 15) is 4.79 Å². The first-order valence-electron chi connectivity index (χ1n) is 6.28. The summed E-state index contributed by atoms with van der Waals surface area (Å²) in [7, 11) is 0. The Bertz CT molecular complexity index is 447. The van der Waals surface area contributed by atoms with Gasteiger partial charge in [-0.25, -0.2) is 9.97 Å². The van der Waals surface area contributed by atoms with E-state index in [1.807, 2.05) is 11.8 Å². The normalized spacial score (nSPS) is 15.4. The first-order chi connectivity index (χ1) is 9.20. The molecule has 1 aromatic heterocycles. The second-order valence-electron chi connectivity index (χ2n) is 4.27. The van der Waals surface area contributed by atoms with Gasteiger partial charge in [0.2, 0.25) is 5.95 Å². The van der Waals surface area contributed by atoms with E-state index in [4.69, 9.17) is 9.84 Å². The lowest BCUT2D eigenvalue weighted by Gasteiger charge is -2.27. The van der Waals surface area contributed by atoms with E-state index in [1.165, 1.54) is 0 Å². The quantitative estimate of drug-likeness (QED) is 0.752. The van der Waals surface area contributed by atoms with E-state index < -0.39 is 0 Å². The van der Waals surface area contributed by atoms with Crippen LogP contribution in [0.4, 0.5) is 5.95 Å². The smallest absolute Gasteiger partial charge is 0.270 e. The zero-order valence-electron chi connectivity index (χ0n) is 10.9. The number of rotatable bonds is 4. The Morgan fingerprint density at radius 2 is 2.21 bits per heavy atom. The highest BCUT2D eigenvalue weighted by Crippen LogP contribution is 2.12. The van der Waals surface area contributed by atoms with Gasteiger partial charge in [0.15, 0.2) is 0 Å². The maximum Gasteiger partial charge on any atom is 0.270 e. The molecule has 0 bridgehead atoms. The molecule has 1 aliphatic rings. The van der Waals surface area contributed by atoms with E-state index in [2.05, 4.69) is 15.3 Å². The lowest BCUT2D eigenvalue weighted by molar-refractivity contribution is 0.0939. The van der Waals surface area contributed by atoms with E-state index in [-0.39, 0.29) is 19.1 Å². The van der Waals surface area contributed by atoms with E-state index in [0.717, 1.165) is 18.8 Å². The van der Waals surface area contributed by atoms with Crippen LogP contribution in [0, 0.1) is 6.92 Å². The molecule has 19 heavy (non-hydrogen) atoms. The first kappa shape index (κ1) is 13.7. The van der Waals surface area contributed by atoms with Crippen molar-refractivity contribution in [3.8, 4) is 0 Å². The summed E-state index contributed by atoms with van der Waals surface area (Å²) in [5.41, 5.74) is 1.06.